The predicted octanol–water partition coefficient (Wildman–Crippen LogP) is 1.70. The van der Waals surface area contributed by atoms with E-state index in [2.05, 4.69) is 16.7 Å². The second-order valence-electron chi connectivity index (χ2n) is 10.0. The lowest BCUT2D eigenvalue weighted by molar-refractivity contribution is -0.134. The zero-order chi connectivity index (χ0) is 28.8. The van der Waals surface area contributed by atoms with E-state index in [9.17, 15) is 23.3 Å². The summed E-state index contributed by atoms with van der Waals surface area (Å²) in [5.41, 5.74) is 1.48. The molecule has 0 aliphatic carbocycles. The molecule has 1 aromatic heterocycles. The van der Waals surface area contributed by atoms with Crippen LogP contribution < -0.4 is 10.6 Å². The van der Waals surface area contributed by atoms with Crippen LogP contribution >= 0.6 is 0 Å². The molecule has 0 atom stereocenters. The zero-order valence-electron chi connectivity index (χ0n) is 23.0. The summed E-state index contributed by atoms with van der Waals surface area (Å²) in [7, 11) is 3.10. The minimum absolute atomic E-state index is 0.0413. The number of benzene rings is 1. The van der Waals surface area contributed by atoms with Gasteiger partial charge in [0.2, 0.25) is 22.3 Å². The van der Waals surface area contributed by atoms with Gasteiger partial charge in [-0.3, -0.25) is 14.3 Å². The van der Waals surface area contributed by atoms with Crippen LogP contribution in [0.5, 0.6) is 0 Å². The lowest BCUT2D eigenvalue weighted by atomic mass is 9.84. The third kappa shape index (κ3) is 6.65. The standard InChI is InChI=1S/C26H36N8O4S/c1-20-23(10-15-28-19-35)34(26(11-14-27)12-16-33(17-13-26)24(36)18-31(2)3)30-25(20)29-21-6-8-22(9-7-21)39(37,38)32(4)5/h6-10,15,19H,11-13,16-18H2,1-5H3,(H,28,35)(H,29,30)/b15-10-. The van der Waals surface area contributed by atoms with Gasteiger partial charge in [-0.1, -0.05) is 0 Å². The lowest BCUT2D eigenvalue weighted by Crippen LogP contribution is -2.50. The fraction of sp³-hybridized carbons (Fsp3) is 0.462. The summed E-state index contributed by atoms with van der Waals surface area (Å²) >= 11 is 0. The average molecular weight is 557 g/mol. The average Bonchev–Trinajstić information content (AvgIpc) is 3.20. The Morgan fingerprint density at radius 1 is 1.18 bits per heavy atom. The Hall–Kier alpha value is -3.73. The maximum absolute atomic E-state index is 12.6. The van der Waals surface area contributed by atoms with Crippen LogP contribution in [0, 0.1) is 18.3 Å². The molecule has 0 spiro atoms. The van der Waals surface area contributed by atoms with Gasteiger partial charge >= 0.3 is 0 Å². The van der Waals surface area contributed by atoms with Crippen molar-refractivity contribution in [3.8, 4) is 6.07 Å². The molecule has 1 aliphatic rings. The summed E-state index contributed by atoms with van der Waals surface area (Å²) in [5.74, 6) is 0.576. The predicted molar refractivity (Wildman–Crippen MR) is 148 cm³/mol. The number of aromatic nitrogens is 2. The van der Waals surface area contributed by atoms with Gasteiger partial charge in [0.15, 0.2) is 5.82 Å². The first-order valence-corrected chi connectivity index (χ1v) is 13.9. The molecule has 0 radical (unpaired) electrons. The Kier molecular flexibility index (Phi) is 9.49. The first-order valence-electron chi connectivity index (χ1n) is 12.5. The van der Waals surface area contributed by atoms with Gasteiger partial charge in [-0.15, -0.1) is 0 Å². The van der Waals surface area contributed by atoms with Gasteiger partial charge in [0, 0.05) is 44.6 Å². The number of likely N-dealkylation sites (N-methyl/N-ethyl adjacent to an activating group) is 1. The molecule has 0 bridgehead atoms. The van der Waals surface area contributed by atoms with Crippen molar-refractivity contribution in [1.82, 2.24) is 29.2 Å². The fourth-order valence-electron chi connectivity index (χ4n) is 4.56. The maximum Gasteiger partial charge on any atom is 0.242 e. The number of nitrogens with one attached hydrogen (secondary N) is 2. The van der Waals surface area contributed by atoms with Crippen LogP contribution in [-0.4, -0.2) is 92.4 Å². The van der Waals surface area contributed by atoms with Crippen molar-refractivity contribution in [3.63, 3.8) is 0 Å². The third-order valence-corrected chi connectivity index (χ3v) is 8.65. The number of anilines is 2. The SMILES string of the molecule is Cc1c(Nc2ccc(S(=O)(=O)N(C)C)cc2)nn(C2(CC#N)CCN(C(=O)CN(C)C)CC2)c1/C=C\NC=O. The van der Waals surface area contributed by atoms with Crippen molar-refractivity contribution in [2.24, 2.45) is 0 Å². The number of piperidine rings is 1. The van der Waals surface area contributed by atoms with E-state index in [1.165, 1.54) is 32.4 Å². The molecule has 2 amide bonds. The largest absolute Gasteiger partial charge is 0.341 e. The van der Waals surface area contributed by atoms with Crippen LogP contribution in [0.2, 0.25) is 0 Å². The van der Waals surface area contributed by atoms with Crippen LogP contribution in [0.25, 0.3) is 6.08 Å². The molecule has 39 heavy (non-hydrogen) atoms. The molecule has 2 heterocycles. The highest BCUT2D eigenvalue weighted by atomic mass is 32.2. The number of nitriles is 1. The highest BCUT2D eigenvalue weighted by Gasteiger charge is 2.40. The van der Waals surface area contributed by atoms with E-state index < -0.39 is 15.6 Å². The van der Waals surface area contributed by atoms with E-state index in [1.54, 1.807) is 18.2 Å². The van der Waals surface area contributed by atoms with Crippen LogP contribution in [0.1, 0.15) is 30.5 Å². The van der Waals surface area contributed by atoms with Gasteiger partial charge < -0.3 is 20.4 Å². The van der Waals surface area contributed by atoms with E-state index in [0.29, 0.717) is 56.1 Å². The van der Waals surface area contributed by atoms with Crippen molar-refractivity contribution in [2.45, 2.75) is 36.6 Å². The van der Waals surface area contributed by atoms with E-state index in [4.69, 9.17) is 5.10 Å². The minimum atomic E-state index is -3.56. The van der Waals surface area contributed by atoms with Crippen molar-refractivity contribution in [1.29, 1.82) is 5.26 Å². The summed E-state index contributed by atoms with van der Waals surface area (Å²) in [6.45, 7) is 3.19. The molecule has 2 aromatic rings. The lowest BCUT2D eigenvalue weighted by Gasteiger charge is -2.41. The summed E-state index contributed by atoms with van der Waals surface area (Å²) in [5, 5.41) is 20.4. The molecule has 1 aromatic carbocycles. The molecule has 1 fully saturated rings. The first-order chi connectivity index (χ1) is 18.4. The van der Waals surface area contributed by atoms with Crippen LogP contribution in [-0.2, 0) is 25.2 Å². The van der Waals surface area contributed by atoms with E-state index >= 15 is 0 Å². The third-order valence-electron chi connectivity index (χ3n) is 6.82. The summed E-state index contributed by atoms with van der Waals surface area (Å²) < 4.78 is 27.8. The molecule has 12 nitrogen and oxygen atoms in total. The van der Waals surface area contributed by atoms with Crippen LogP contribution in [0.4, 0.5) is 11.5 Å². The molecule has 0 saturated carbocycles. The number of carbonyl (C=O) groups is 2. The number of nitrogens with zero attached hydrogens (tertiary/aromatic N) is 6. The maximum atomic E-state index is 12.6. The van der Waals surface area contributed by atoms with Crippen molar-refractivity contribution in [3.05, 3.63) is 41.7 Å². The second-order valence-corrected chi connectivity index (χ2v) is 12.2. The van der Waals surface area contributed by atoms with Crippen molar-refractivity contribution < 1.29 is 18.0 Å². The second kappa shape index (κ2) is 12.4. The topological polar surface area (TPSA) is 144 Å². The van der Waals surface area contributed by atoms with Gasteiger partial charge in [0.25, 0.3) is 0 Å². The number of hydrogen-bond acceptors (Lipinski definition) is 8. The normalized spacial score (nSPS) is 15.5. The molecule has 0 unspecified atom stereocenters. The Bertz CT molecular complexity index is 1350. The van der Waals surface area contributed by atoms with Gasteiger partial charge in [-0.2, -0.15) is 10.4 Å². The van der Waals surface area contributed by atoms with Gasteiger partial charge in [0.1, 0.15) is 0 Å². The molecule has 210 valence electrons. The zero-order valence-corrected chi connectivity index (χ0v) is 23.8. The number of hydrogen-bond donors (Lipinski definition) is 2. The fourth-order valence-corrected chi connectivity index (χ4v) is 5.46. The quantitative estimate of drug-likeness (QED) is 0.398. The molecule has 2 N–H and O–H groups in total. The first kappa shape index (κ1) is 29.8. The van der Waals surface area contributed by atoms with Crippen LogP contribution in [0.15, 0.2) is 35.4 Å². The molecular weight excluding hydrogens is 520 g/mol. The highest BCUT2D eigenvalue weighted by molar-refractivity contribution is 7.89. The van der Waals surface area contributed by atoms with Gasteiger partial charge in [-0.25, -0.2) is 12.7 Å². The van der Waals surface area contributed by atoms with Crippen molar-refractivity contribution >= 4 is 39.9 Å². The molecule has 13 heteroatoms. The van der Waals surface area contributed by atoms with Crippen molar-refractivity contribution in [2.75, 3.05) is 53.1 Å². The summed E-state index contributed by atoms with van der Waals surface area (Å²) in [6.07, 6.45) is 5.08. The number of sulfonamides is 1. The van der Waals surface area contributed by atoms with Gasteiger partial charge in [-0.05, 0) is 64.2 Å². The number of carbonyl (C=O) groups excluding carboxylic acids is 2. The highest BCUT2D eigenvalue weighted by Crippen LogP contribution is 2.37. The molecule has 1 aliphatic heterocycles. The molecular formula is C26H36N8O4S. The number of rotatable bonds is 11. The smallest absolute Gasteiger partial charge is 0.242 e. The Balaban J connectivity index is 1.97. The summed E-state index contributed by atoms with van der Waals surface area (Å²) in [6, 6.07) is 8.68. The molecule has 1 saturated heterocycles. The van der Waals surface area contributed by atoms with Gasteiger partial charge in [0.05, 0.1) is 35.2 Å². The molecule has 3 rings (SSSR count). The summed E-state index contributed by atoms with van der Waals surface area (Å²) in [4.78, 5) is 27.3. The minimum Gasteiger partial charge on any atom is -0.341 e. The Labute approximate surface area is 229 Å². The number of likely N-dealkylation sites (tertiary alicyclic amines) is 1. The van der Waals surface area contributed by atoms with Crippen LogP contribution in [0.3, 0.4) is 0 Å². The number of amides is 2. The van der Waals surface area contributed by atoms with E-state index in [0.717, 1.165) is 9.87 Å². The van der Waals surface area contributed by atoms with E-state index in [1.807, 2.05) is 35.5 Å². The Morgan fingerprint density at radius 2 is 1.82 bits per heavy atom. The van der Waals surface area contributed by atoms with E-state index in [-0.39, 0.29) is 17.2 Å². The Morgan fingerprint density at radius 3 is 2.36 bits per heavy atom. The monoisotopic (exact) mass is 556 g/mol.